The van der Waals surface area contributed by atoms with E-state index in [2.05, 4.69) is 47.9 Å². The fourth-order valence-electron chi connectivity index (χ4n) is 3.00. The molecular formula is C23H26N4O. The first-order valence-corrected chi connectivity index (χ1v) is 9.57. The third kappa shape index (κ3) is 4.19. The molecule has 144 valence electrons. The molecule has 0 aliphatic rings. The highest BCUT2D eigenvalue weighted by Gasteiger charge is 2.12. The number of nitrogens with zero attached hydrogens (tertiary/aromatic N) is 3. The first kappa shape index (κ1) is 19.5. The number of allylic oxidation sites excluding steroid dienone is 1. The van der Waals surface area contributed by atoms with Crippen LogP contribution in [0.3, 0.4) is 0 Å². The number of H-pyrrole nitrogens is 1. The molecule has 1 atom stereocenters. The van der Waals surface area contributed by atoms with E-state index in [0.29, 0.717) is 17.3 Å². The predicted molar refractivity (Wildman–Crippen MR) is 114 cm³/mol. The van der Waals surface area contributed by atoms with Gasteiger partial charge in [0.05, 0.1) is 17.1 Å². The molecule has 0 spiro atoms. The van der Waals surface area contributed by atoms with Gasteiger partial charge in [-0.1, -0.05) is 44.2 Å². The SMILES string of the molecule is C=CCc1ccc(-n2[nH]c(C)c(/N=N/c3ccc(C(C)CC)cc3)c2=O)cc1. The maximum Gasteiger partial charge on any atom is 0.299 e. The number of aromatic amines is 1. The van der Waals surface area contributed by atoms with E-state index in [1.807, 2.05) is 49.4 Å². The minimum absolute atomic E-state index is 0.214. The zero-order valence-corrected chi connectivity index (χ0v) is 16.6. The molecule has 0 radical (unpaired) electrons. The van der Waals surface area contributed by atoms with Crippen LogP contribution in [0.15, 0.2) is 76.2 Å². The summed E-state index contributed by atoms with van der Waals surface area (Å²) < 4.78 is 1.49. The zero-order chi connectivity index (χ0) is 20.1. The number of benzene rings is 2. The number of aromatic nitrogens is 2. The molecule has 3 rings (SSSR count). The summed E-state index contributed by atoms with van der Waals surface area (Å²) in [4.78, 5) is 12.8. The second-order valence-corrected chi connectivity index (χ2v) is 6.99. The summed E-state index contributed by atoms with van der Waals surface area (Å²) in [6.07, 6.45) is 3.75. The van der Waals surface area contributed by atoms with Crippen LogP contribution in [0.5, 0.6) is 0 Å². The number of azo groups is 1. The summed E-state index contributed by atoms with van der Waals surface area (Å²) in [5.74, 6) is 0.517. The van der Waals surface area contributed by atoms with Gasteiger partial charge < -0.3 is 0 Å². The number of hydrogen-bond donors (Lipinski definition) is 1. The Hall–Kier alpha value is -3.21. The van der Waals surface area contributed by atoms with Crippen LogP contribution in [0.25, 0.3) is 5.69 Å². The lowest BCUT2D eigenvalue weighted by atomic mass is 9.99. The monoisotopic (exact) mass is 374 g/mol. The van der Waals surface area contributed by atoms with Gasteiger partial charge in [0.25, 0.3) is 5.56 Å². The second kappa shape index (κ2) is 8.65. The summed E-state index contributed by atoms with van der Waals surface area (Å²) in [6.45, 7) is 9.94. The van der Waals surface area contributed by atoms with Gasteiger partial charge in [-0.2, -0.15) is 5.11 Å². The summed E-state index contributed by atoms with van der Waals surface area (Å²) in [7, 11) is 0. The maximum absolute atomic E-state index is 12.8. The molecular weight excluding hydrogens is 348 g/mol. The van der Waals surface area contributed by atoms with Crippen molar-refractivity contribution in [1.82, 2.24) is 9.78 Å². The molecule has 0 saturated heterocycles. The molecule has 5 nitrogen and oxygen atoms in total. The van der Waals surface area contributed by atoms with Crippen LogP contribution in [-0.2, 0) is 6.42 Å². The maximum atomic E-state index is 12.8. The third-order valence-electron chi connectivity index (χ3n) is 4.95. The highest BCUT2D eigenvalue weighted by atomic mass is 16.1. The van der Waals surface area contributed by atoms with Gasteiger partial charge in [0.2, 0.25) is 0 Å². The molecule has 1 N–H and O–H groups in total. The first-order valence-electron chi connectivity index (χ1n) is 9.57. The molecule has 28 heavy (non-hydrogen) atoms. The lowest BCUT2D eigenvalue weighted by Crippen LogP contribution is -2.13. The molecule has 0 amide bonds. The van der Waals surface area contributed by atoms with Crippen molar-refractivity contribution in [2.45, 2.75) is 39.5 Å². The average molecular weight is 374 g/mol. The van der Waals surface area contributed by atoms with Crippen molar-refractivity contribution in [2.24, 2.45) is 10.2 Å². The van der Waals surface area contributed by atoms with E-state index in [1.54, 1.807) is 0 Å². The minimum Gasteiger partial charge on any atom is -0.293 e. The van der Waals surface area contributed by atoms with Gasteiger partial charge in [-0.25, -0.2) is 4.68 Å². The highest BCUT2D eigenvalue weighted by molar-refractivity contribution is 5.45. The van der Waals surface area contributed by atoms with Crippen LogP contribution in [0.4, 0.5) is 11.4 Å². The summed E-state index contributed by atoms with van der Waals surface area (Å²) in [5.41, 5.74) is 4.71. The van der Waals surface area contributed by atoms with E-state index < -0.39 is 0 Å². The number of nitrogens with one attached hydrogen (secondary N) is 1. The van der Waals surface area contributed by atoms with E-state index >= 15 is 0 Å². The molecule has 1 aromatic heterocycles. The Labute approximate surface area is 165 Å². The molecule has 0 aliphatic carbocycles. The van der Waals surface area contributed by atoms with Gasteiger partial charge in [-0.15, -0.1) is 11.7 Å². The normalized spacial score (nSPS) is 12.4. The van der Waals surface area contributed by atoms with Crippen molar-refractivity contribution in [1.29, 1.82) is 0 Å². The van der Waals surface area contributed by atoms with Gasteiger partial charge in [0, 0.05) is 0 Å². The fraction of sp³-hybridized carbons (Fsp3) is 0.261. The smallest absolute Gasteiger partial charge is 0.293 e. The minimum atomic E-state index is -0.214. The molecule has 5 heteroatoms. The van der Waals surface area contributed by atoms with Crippen LogP contribution < -0.4 is 5.56 Å². The summed E-state index contributed by atoms with van der Waals surface area (Å²) in [6, 6.07) is 15.8. The Kier molecular flexibility index (Phi) is 6.04. The van der Waals surface area contributed by atoms with Crippen molar-refractivity contribution in [3.05, 3.63) is 88.4 Å². The Morgan fingerprint density at radius 1 is 1.11 bits per heavy atom. The van der Waals surface area contributed by atoms with E-state index in [-0.39, 0.29) is 5.56 Å². The van der Waals surface area contributed by atoms with Crippen molar-refractivity contribution in [3.63, 3.8) is 0 Å². The van der Waals surface area contributed by atoms with Crippen LogP contribution in [-0.4, -0.2) is 9.78 Å². The topological polar surface area (TPSA) is 62.5 Å². The standard InChI is InChI=1S/C23H26N4O/c1-5-7-18-8-14-21(15-9-18)27-23(28)22(17(4)26-27)25-24-20-12-10-19(11-13-20)16(3)6-2/h5,8-16,26H,1,6-7H2,2-4H3/b25-24+. The Bertz CT molecular complexity index is 1020. The van der Waals surface area contributed by atoms with Crippen molar-refractivity contribution >= 4 is 11.4 Å². The largest absolute Gasteiger partial charge is 0.299 e. The number of hydrogen-bond acceptors (Lipinski definition) is 3. The van der Waals surface area contributed by atoms with Crippen LogP contribution in [0.1, 0.15) is 43.0 Å². The Balaban J connectivity index is 1.84. The second-order valence-electron chi connectivity index (χ2n) is 6.99. The van der Waals surface area contributed by atoms with Gasteiger partial charge in [-0.3, -0.25) is 9.89 Å². The molecule has 0 saturated carbocycles. The quantitative estimate of drug-likeness (QED) is 0.392. The number of aryl methyl sites for hydroxylation is 1. The van der Waals surface area contributed by atoms with Gasteiger partial charge in [0.15, 0.2) is 5.69 Å². The molecule has 3 aromatic rings. The molecule has 1 heterocycles. The van der Waals surface area contributed by atoms with Crippen molar-refractivity contribution in [3.8, 4) is 5.69 Å². The Morgan fingerprint density at radius 2 is 1.79 bits per heavy atom. The predicted octanol–water partition coefficient (Wildman–Crippen LogP) is 6.13. The van der Waals surface area contributed by atoms with Gasteiger partial charge >= 0.3 is 0 Å². The van der Waals surface area contributed by atoms with E-state index in [0.717, 1.165) is 29.8 Å². The van der Waals surface area contributed by atoms with Gasteiger partial charge in [-0.05, 0) is 61.1 Å². The fourth-order valence-corrected chi connectivity index (χ4v) is 3.00. The summed E-state index contributed by atoms with van der Waals surface area (Å²) in [5, 5.41) is 11.5. The van der Waals surface area contributed by atoms with E-state index in [4.69, 9.17) is 0 Å². The van der Waals surface area contributed by atoms with Crippen LogP contribution >= 0.6 is 0 Å². The molecule has 0 fully saturated rings. The molecule has 0 bridgehead atoms. The lowest BCUT2D eigenvalue weighted by molar-refractivity contribution is 0.733. The lowest BCUT2D eigenvalue weighted by Gasteiger charge is -2.07. The van der Waals surface area contributed by atoms with Crippen LogP contribution in [0.2, 0.25) is 0 Å². The van der Waals surface area contributed by atoms with Crippen molar-refractivity contribution in [2.75, 3.05) is 0 Å². The molecule has 0 aliphatic heterocycles. The van der Waals surface area contributed by atoms with E-state index in [1.165, 1.54) is 10.2 Å². The van der Waals surface area contributed by atoms with E-state index in [9.17, 15) is 4.79 Å². The number of rotatable bonds is 7. The average Bonchev–Trinajstić information content (AvgIpc) is 3.00. The van der Waals surface area contributed by atoms with Crippen LogP contribution in [0, 0.1) is 6.92 Å². The van der Waals surface area contributed by atoms with Crippen molar-refractivity contribution < 1.29 is 0 Å². The third-order valence-corrected chi connectivity index (χ3v) is 4.95. The highest BCUT2D eigenvalue weighted by Crippen LogP contribution is 2.23. The Morgan fingerprint density at radius 3 is 2.39 bits per heavy atom. The molecule has 1 unspecified atom stereocenters. The van der Waals surface area contributed by atoms with Gasteiger partial charge in [0.1, 0.15) is 0 Å². The molecule has 2 aromatic carbocycles. The summed E-state index contributed by atoms with van der Waals surface area (Å²) >= 11 is 0. The first-order chi connectivity index (χ1) is 13.5. The zero-order valence-electron chi connectivity index (χ0n) is 16.6.